The van der Waals surface area contributed by atoms with Gasteiger partial charge in [0.15, 0.2) is 5.78 Å². The first kappa shape index (κ1) is 5.99. The summed E-state index contributed by atoms with van der Waals surface area (Å²) in [6, 6.07) is 0. The molecule has 0 aromatic rings. The quantitative estimate of drug-likeness (QED) is 0.512. The summed E-state index contributed by atoms with van der Waals surface area (Å²) in [5.41, 5.74) is 0. The molecule has 0 heterocycles. The van der Waals surface area contributed by atoms with Crippen LogP contribution in [-0.2, 0) is 4.79 Å². The number of rotatable bonds is 0. The van der Waals surface area contributed by atoms with Gasteiger partial charge in [-0.2, -0.15) is 0 Å². The monoisotopic (exact) mass is 148 g/mol. The summed E-state index contributed by atoms with van der Waals surface area (Å²) in [7, 11) is 0. The average Bonchev–Trinajstić information content (AvgIpc) is 2.43. The molecule has 0 aromatic carbocycles. The van der Waals surface area contributed by atoms with Gasteiger partial charge in [-0.1, -0.05) is 12.5 Å². The molecule has 0 spiro atoms. The van der Waals surface area contributed by atoms with Crippen molar-refractivity contribution in [1.82, 2.24) is 0 Å². The largest absolute Gasteiger partial charge is 0.295 e. The van der Waals surface area contributed by atoms with E-state index in [0.29, 0.717) is 17.6 Å². The highest BCUT2D eigenvalue weighted by atomic mass is 16.1. The van der Waals surface area contributed by atoms with Crippen LogP contribution in [0.15, 0.2) is 12.2 Å². The third-order valence-electron chi connectivity index (χ3n) is 3.81. The summed E-state index contributed by atoms with van der Waals surface area (Å²) in [4.78, 5) is 11.3. The molecule has 0 bridgehead atoms. The molecule has 0 amide bonds. The predicted octanol–water partition coefficient (Wildman–Crippen LogP) is 1.79. The van der Waals surface area contributed by atoms with Crippen LogP contribution in [0.1, 0.15) is 19.3 Å². The molecule has 58 valence electrons. The fourth-order valence-electron chi connectivity index (χ4n) is 3.33. The van der Waals surface area contributed by atoms with E-state index in [2.05, 4.69) is 6.08 Å². The van der Waals surface area contributed by atoms with E-state index < -0.39 is 0 Å². The summed E-state index contributed by atoms with van der Waals surface area (Å²) in [5.74, 6) is 3.18. The lowest BCUT2D eigenvalue weighted by Crippen LogP contribution is -2.43. The first-order chi connectivity index (χ1) is 5.38. The first-order valence-corrected chi connectivity index (χ1v) is 4.60. The van der Waals surface area contributed by atoms with Crippen LogP contribution < -0.4 is 0 Å². The molecular weight excluding hydrogens is 136 g/mol. The molecule has 3 rings (SSSR count). The third-order valence-corrected chi connectivity index (χ3v) is 3.81. The van der Waals surface area contributed by atoms with E-state index in [9.17, 15) is 4.79 Å². The Morgan fingerprint density at radius 2 is 2.09 bits per heavy atom. The normalized spacial score (nSPS) is 52.2. The lowest BCUT2D eigenvalue weighted by molar-refractivity contribution is -0.126. The van der Waals surface area contributed by atoms with Gasteiger partial charge >= 0.3 is 0 Å². The molecule has 3 aliphatic carbocycles. The zero-order valence-electron chi connectivity index (χ0n) is 6.49. The minimum Gasteiger partial charge on any atom is -0.295 e. The zero-order valence-corrected chi connectivity index (χ0v) is 6.49. The van der Waals surface area contributed by atoms with Crippen LogP contribution in [0.4, 0.5) is 0 Å². The van der Waals surface area contributed by atoms with Crippen molar-refractivity contribution in [3.63, 3.8) is 0 Å². The Morgan fingerprint density at radius 3 is 3.00 bits per heavy atom. The van der Waals surface area contributed by atoms with Crippen LogP contribution in [0.3, 0.4) is 0 Å². The number of allylic oxidation sites excluding steroid dienone is 2. The molecule has 3 aliphatic rings. The third kappa shape index (κ3) is 0.559. The van der Waals surface area contributed by atoms with Crippen molar-refractivity contribution < 1.29 is 4.79 Å². The van der Waals surface area contributed by atoms with E-state index in [0.717, 1.165) is 11.8 Å². The molecule has 11 heavy (non-hydrogen) atoms. The molecule has 0 radical (unpaired) electrons. The van der Waals surface area contributed by atoms with E-state index in [1.165, 1.54) is 19.3 Å². The van der Waals surface area contributed by atoms with Gasteiger partial charge in [-0.15, -0.1) is 0 Å². The maximum Gasteiger partial charge on any atom is 0.159 e. The second kappa shape index (κ2) is 1.77. The summed E-state index contributed by atoms with van der Waals surface area (Å²) < 4.78 is 0. The molecule has 0 N–H and O–H groups in total. The molecular formula is C10H12O. The Kier molecular flexibility index (Phi) is 0.961. The molecule has 2 saturated carbocycles. The van der Waals surface area contributed by atoms with Gasteiger partial charge in [-0.05, 0) is 36.7 Å². The van der Waals surface area contributed by atoms with Gasteiger partial charge in [0.2, 0.25) is 0 Å². The highest BCUT2D eigenvalue weighted by Gasteiger charge is 2.55. The standard InChI is InChI=1S/C10H12O/c11-9-5-4-8-6-2-1-3-7(6)10(8)9/h4-8,10H,1-3H2. The van der Waals surface area contributed by atoms with Gasteiger partial charge in [0, 0.05) is 5.92 Å². The smallest absolute Gasteiger partial charge is 0.159 e. The van der Waals surface area contributed by atoms with Crippen molar-refractivity contribution in [1.29, 1.82) is 0 Å². The van der Waals surface area contributed by atoms with Gasteiger partial charge < -0.3 is 0 Å². The second-order valence-electron chi connectivity index (χ2n) is 4.12. The summed E-state index contributed by atoms with van der Waals surface area (Å²) in [6.45, 7) is 0. The Balaban J connectivity index is 1.93. The number of carbonyl (C=O) groups is 1. The molecule has 1 nitrogen and oxygen atoms in total. The van der Waals surface area contributed by atoms with Crippen LogP contribution in [0.5, 0.6) is 0 Å². The first-order valence-electron chi connectivity index (χ1n) is 4.60. The van der Waals surface area contributed by atoms with Crippen LogP contribution >= 0.6 is 0 Å². The fraction of sp³-hybridized carbons (Fsp3) is 0.700. The number of ketones is 1. The minimum absolute atomic E-state index is 0.415. The van der Waals surface area contributed by atoms with E-state index >= 15 is 0 Å². The van der Waals surface area contributed by atoms with E-state index in [4.69, 9.17) is 0 Å². The van der Waals surface area contributed by atoms with Gasteiger partial charge in [0.05, 0.1) is 0 Å². The molecule has 0 aliphatic heterocycles. The van der Waals surface area contributed by atoms with Crippen LogP contribution in [0, 0.1) is 23.7 Å². The molecule has 0 aromatic heterocycles. The van der Waals surface area contributed by atoms with Crippen molar-refractivity contribution in [2.75, 3.05) is 0 Å². The molecule has 4 unspecified atom stereocenters. The predicted molar refractivity (Wildman–Crippen MR) is 42.0 cm³/mol. The number of fused-ring (bicyclic) bond motifs is 4. The maximum atomic E-state index is 11.3. The van der Waals surface area contributed by atoms with Crippen molar-refractivity contribution >= 4 is 5.78 Å². The molecule has 2 fully saturated rings. The minimum atomic E-state index is 0.415. The van der Waals surface area contributed by atoms with Gasteiger partial charge in [-0.3, -0.25) is 4.79 Å². The highest BCUT2D eigenvalue weighted by Crippen LogP contribution is 2.58. The number of hydrogen-bond acceptors (Lipinski definition) is 1. The van der Waals surface area contributed by atoms with Crippen molar-refractivity contribution in [3.05, 3.63) is 12.2 Å². The molecule has 1 heteroatoms. The Bertz CT molecular complexity index is 241. The molecule has 4 atom stereocenters. The lowest BCUT2D eigenvalue weighted by Gasteiger charge is -2.43. The van der Waals surface area contributed by atoms with Crippen molar-refractivity contribution in [3.8, 4) is 0 Å². The topological polar surface area (TPSA) is 17.1 Å². The zero-order chi connectivity index (χ0) is 7.42. The Labute approximate surface area is 66.5 Å². The second-order valence-corrected chi connectivity index (χ2v) is 4.12. The van der Waals surface area contributed by atoms with Crippen LogP contribution in [0.25, 0.3) is 0 Å². The molecule has 0 saturated heterocycles. The highest BCUT2D eigenvalue weighted by molar-refractivity contribution is 5.96. The van der Waals surface area contributed by atoms with Gasteiger partial charge in [0.1, 0.15) is 0 Å². The number of carbonyl (C=O) groups excluding carboxylic acids is 1. The van der Waals surface area contributed by atoms with Crippen LogP contribution in [0.2, 0.25) is 0 Å². The SMILES string of the molecule is O=C1C=CC2C3CCCC3C12. The summed E-state index contributed by atoms with van der Waals surface area (Å²) in [6.07, 6.45) is 8.03. The van der Waals surface area contributed by atoms with Crippen LogP contribution in [-0.4, -0.2) is 5.78 Å². The Morgan fingerprint density at radius 1 is 1.27 bits per heavy atom. The number of hydrogen-bond donors (Lipinski definition) is 0. The maximum absolute atomic E-state index is 11.3. The Hall–Kier alpha value is -0.590. The van der Waals surface area contributed by atoms with Crippen molar-refractivity contribution in [2.24, 2.45) is 23.7 Å². The summed E-state index contributed by atoms with van der Waals surface area (Å²) in [5, 5.41) is 0. The van der Waals surface area contributed by atoms with E-state index in [1.807, 2.05) is 6.08 Å². The van der Waals surface area contributed by atoms with E-state index in [-0.39, 0.29) is 0 Å². The van der Waals surface area contributed by atoms with Crippen molar-refractivity contribution in [2.45, 2.75) is 19.3 Å². The fourth-order valence-corrected chi connectivity index (χ4v) is 3.33. The summed E-state index contributed by atoms with van der Waals surface area (Å²) >= 11 is 0. The van der Waals surface area contributed by atoms with E-state index in [1.54, 1.807) is 0 Å². The lowest BCUT2D eigenvalue weighted by atomic mass is 9.59. The van der Waals surface area contributed by atoms with Gasteiger partial charge in [0.25, 0.3) is 0 Å². The van der Waals surface area contributed by atoms with Gasteiger partial charge in [-0.25, -0.2) is 0 Å². The average molecular weight is 148 g/mol.